The average Bonchev–Trinajstić information content (AvgIpc) is 2.76. The number of rotatable bonds is 5. The van der Waals surface area contributed by atoms with Crippen molar-refractivity contribution < 1.29 is 22.7 Å². The van der Waals surface area contributed by atoms with Crippen molar-refractivity contribution in [1.82, 2.24) is 4.90 Å². The fourth-order valence-corrected chi connectivity index (χ4v) is 5.96. The van der Waals surface area contributed by atoms with Crippen molar-refractivity contribution in [2.24, 2.45) is 5.92 Å². The number of methoxy groups -OCH3 is 1. The Morgan fingerprint density at radius 1 is 1.29 bits per heavy atom. The first-order valence-electron chi connectivity index (χ1n) is 8.06. The second kappa shape index (κ2) is 6.37. The summed E-state index contributed by atoms with van der Waals surface area (Å²) in [6, 6.07) is 7.46. The van der Waals surface area contributed by atoms with E-state index >= 15 is 0 Å². The molecule has 132 valence electrons. The Kier molecular flexibility index (Phi) is 4.57. The van der Waals surface area contributed by atoms with E-state index in [1.165, 1.54) is 0 Å². The van der Waals surface area contributed by atoms with Crippen LogP contribution in [0.3, 0.4) is 0 Å². The van der Waals surface area contributed by atoms with E-state index in [-0.39, 0.29) is 37.3 Å². The zero-order valence-corrected chi connectivity index (χ0v) is 14.8. The van der Waals surface area contributed by atoms with Gasteiger partial charge in [-0.25, -0.2) is 8.42 Å². The van der Waals surface area contributed by atoms with Crippen molar-refractivity contribution in [3.8, 4) is 5.75 Å². The van der Waals surface area contributed by atoms with Gasteiger partial charge in [-0.15, -0.1) is 0 Å². The molecule has 2 aliphatic rings. The lowest BCUT2D eigenvalue weighted by atomic mass is 9.83. The maximum absolute atomic E-state index is 12.4. The van der Waals surface area contributed by atoms with Crippen molar-refractivity contribution in [2.45, 2.75) is 18.1 Å². The van der Waals surface area contributed by atoms with Gasteiger partial charge in [-0.2, -0.15) is 0 Å². The minimum absolute atomic E-state index is 0.0328. The lowest BCUT2D eigenvalue weighted by Crippen LogP contribution is -2.69. The predicted octanol–water partition coefficient (Wildman–Crippen LogP) is 1.04. The number of nitrogens with zero attached hydrogens (tertiary/aromatic N) is 1. The molecule has 2 saturated heterocycles. The summed E-state index contributed by atoms with van der Waals surface area (Å²) in [4.78, 5) is 13.8. The minimum atomic E-state index is -3.17. The summed E-state index contributed by atoms with van der Waals surface area (Å²) in [5, 5.41) is 0. The zero-order valence-electron chi connectivity index (χ0n) is 14.0. The number of likely N-dealkylation sites (tertiary alicyclic amines) is 1. The van der Waals surface area contributed by atoms with Gasteiger partial charge < -0.3 is 14.4 Å². The molecule has 1 atom stereocenters. The van der Waals surface area contributed by atoms with E-state index in [0.717, 1.165) is 5.56 Å². The Morgan fingerprint density at radius 2 is 1.96 bits per heavy atom. The molecule has 1 aromatic carbocycles. The molecule has 1 aromatic rings. The Morgan fingerprint density at radius 3 is 2.58 bits per heavy atom. The predicted molar refractivity (Wildman–Crippen MR) is 89.8 cm³/mol. The van der Waals surface area contributed by atoms with Gasteiger partial charge in [0.1, 0.15) is 10.5 Å². The van der Waals surface area contributed by atoms with E-state index < -0.39 is 14.6 Å². The van der Waals surface area contributed by atoms with Crippen LogP contribution in [0, 0.1) is 12.8 Å². The average molecular weight is 353 g/mol. The maximum Gasteiger partial charge on any atom is 0.260 e. The monoisotopic (exact) mass is 353 g/mol. The van der Waals surface area contributed by atoms with E-state index in [9.17, 15) is 13.2 Å². The minimum Gasteiger partial charge on any atom is -0.484 e. The van der Waals surface area contributed by atoms with Crippen LogP contribution in [0.15, 0.2) is 24.3 Å². The smallest absolute Gasteiger partial charge is 0.260 e. The second-order valence-electron chi connectivity index (χ2n) is 6.68. The molecule has 0 saturated carbocycles. The molecule has 0 aromatic heterocycles. The third kappa shape index (κ3) is 2.91. The first-order chi connectivity index (χ1) is 11.4. The Balaban J connectivity index is 1.58. The van der Waals surface area contributed by atoms with Gasteiger partial charge in [0.05, 0.1) is 12.4 Å². The summed E-state index contributed by atoms with van der Waals surface area (Å²) in [5.41, 5.74) is 1.12. The number of carbonyl (C=O) groups is 1. The number of aryl methyl sites for hydroxylation is 1. The zero-order chi connectivity index (χ0) is 17.4. The van der Waals surface area contributed by atoms with Crippen LogP contribution in [0.1, 0.15) is 12.0 Å². The van der Waals surface area contributed by atoms with E-state index in [1.807, 2.05) is 31.2 Å². The number of carbonyl (C=O) groups excluding carboxylic acids is 1. The van der Waals surface area contributed by atoms with Gasteiger partial charge in [0.25, 0.3) is 5.91 Å². The van der Waals surface area contributed by atoms with Crippen molar-refractivity contribution >= 4 is 15.7 Å². The van der Waals surface area contributed by atoms with Gasteiger partial charge >= 0.3 is 0 Å². The molecule has 1 amide bonds. The van der Waals surface area contributed by atoms with Crippen LogP contribution in [0.4, 0.5) is 0 Å². The first-order valence-corrected chi connectivity index (χ1v) is 9.72. The number of sulfone groups is 1. The largest absolute Gasteiger partial charge is 0.484 e. The van der Waals surface area contributed by atoms with E-state index in [1.54, 1.807) is 12.0 Å². The fraction of sp³-hybridized carbons (Fsp3) is 0.588. The van der Waals surface area contributed by atoms with Crippen LogP contribution >= 0.6 is 0 Å². The van der Waals surface area contributed by atoms with Crippen LogP contribution in [-0.2, 0) is 19.4 Å². The quantitative estimate of drug-likeness (QED) is 0.791. The molecule has 7 heteroatoms. The second-order valence-corrected chi connectivity index (χ2v) is 9.13. The molecule has 0 bridgehead atoms. The fourth-order valence-electron chi connectivity index (χ4n) is 3.56. The summed E-state index contributed by atoms with van der Waals surface area (Å²) in [6.07, 6.45) is 0.609. The lowest BCUT2D eigenvalue weighted by Gasteiger charge is -2.49. The molecule has 6 nitrogen and oxygen atoms in total. The number of ether oxygens (including phenoxy) is 2. The molecule has 2 fully saturated rings. The van der Waals surface area contributed by atoms with Gasteiger partial charge in [-0.1, -0.05) is 17.7 Å². The summed E-state index contributed by atoms with van der Waals surface area (Å²) in [5.74, 6) is 0.604. The molecule has 0 radical (unpaired) electrons. The summed E-state index contributed by atoms with van der Waals surface area (Å²) >= 11 is 0. The summed E-state index contributed by atoms with van der Waals surface area (Å²) in [6.45, 7) is 2.82. The van der Waals surface area contributed by atoms with Crippen molar-refractivity contribution in [1.29, 1.82) is 0 Å². The lowest BCUT2D eigenvalue weighted by molar-refractivity contribution is -0.140. The van der Waals surface area contributed by atoms with Gasteiger partial charge in [0.15, 0.2) is 16.4 Å². The third-order valence-corrected chi connectivity index (χ3v) is 7.72. The van der Waals surface area contributed by atoms with Crippen LogP contribution < -0.4 is 4.74 Å². The normalized spacial score (nSPS) is 23.9. The summed E-state index contributed by atoms with van der Waals surface area (Å²) < 4.78 is 34.7. The van der Waals surface area contributed by atoms with Crippen molar-refractivity contribution in [3.05, 3.63) is 29.8 Å². The number of hydrogen-bond donors (Lipinski definition) is 0. The topological polar surface area (TPSA) is 72.9 Å². The molecule has 2 heterocycles. The maximum atomic E-state index is 12.4. The molecule has 24 heavy (non-hydrogen) atoms. The SMILES string of the molecule is COC[C@@H]1CCS(=O)(=O)C12CN(C(=O)COc1ccc(C)cc1)C2. The summed E-state index contributed by atoms with van der Waals surface area (Å²) in [7, 11) is -1.60. The van der Waals surface area contributed by atoms with Crippen LogP contribution in [0.2, 0.25) is 0 Å². The molecule has 1 spiro atoms. The van der Waals surface area contributed by atoms with Crippen molar-refractivity contribution in [2.75, 3.05) is 39.2 Å². The van der Waals surface area contributed by atoms with Gasteiger partial charge in [-0.05, 0) is 25.5 Å². The molecular weight excluding hydrogens is 330 g/mol. The van der Waals surface area contributed by atoms with Crippen molar-refractivity contribution in [3.63, 3.8) is 0 Å². The Bertz CT molecular complexity index is 707. The van der Waals surface area contributed by atoms with E-state index in [0.29, 0.717) is 18.8 Å². The number of amides is 1. The van der Waals surface area contributed by atoms with Crippen LogP contribution in [0.5, 0.6) is 5.75 Å². The molecule has 3 rings (SSSR count). The molecule has 2 aliphatic heterocycles. The van der Waals surface area contributed by atoms with Gasteiger partial charge in [0, 0.05) is 26.1 Å². The third-order valence-electron chi connectivity index (χ3n) is 5.12. The standard InChI is InChI=1S/C17H23NO5S/c1-13-3-5-15(6-4-13)23-10-16(19)18-11-17(12-18)14(9-22-2)7-8-24(17,20)21/h3-6,14H,7-12H2,1-2H3/t14-/m0/s1. The first kappa shape index (κ1) is 17.2. The van der Waals surface area contributed by atoms with E-state index in [2.05, 4.69) is 0 Å². The van der Waals surface area contributed by atoms with Crippen LogP contribution in [0.25, 0.3) is 0 Å². The number of hydrogen-bond acceptors (Lipinski definition) is 5. The highest BCUT2D eigenvalue weighted by molar-refractivity contribution is 7.93. The Hall–Kier alpha value is -1.60. The van der Waals surface area contributed by atoms with Gasteiger partial charge in [-0.3, -0.25) is 4.79 Å². The highest BCUT2D eigenvalue weighted by atomic mass is 32.2. The van der Waals surface area contributed by atoms with E-state index in [4.69, 9.17) is 9.47 Å². The molecular formula is C17H23NO5S. The Labute approximate surface area is 142 Å². The molecule has 0 aliphatic carbocycles. The number of benzene rings is 1. The highest BCUT2D eigenvalue weighted by Crippen LogP contribution is 2.44. The molecule has 0 unspecified atom stereocenters. The molecule has 0 N–H and O–H groups in total. The highest BCUT2D eigenvalue weighted by Gasteiger charge is 2.62. The van der Waals surface area contributed by atoms with Crippen LogP contribution in [-0.4, -0.2) is 63.1 Å². The van der Waals surface area contributed by atoms with Gasteiger partial charge in [0.2, 0.25) is 0 Å².